The van der Waals surface area contributed by atoms with Crippen molar-refractivity contribution in [1.29, 1.82) is 0 Å². The van der Waals surface area contributed by atoms with E-state index in [0.717, 1.165) is 19.5 Å². The molecular weight excluding hydrogens is 354 g/mol. The summed E-state index contributed by atoms with van der Waals surface area (Å²) in [5.74, 6) is 1.34. The first-order valence-electron chi connectivity index (χ1n) is 8.34. The highest BCUT2D eigenvalue weighted by Crippen LogP contribution is 2.15. The van der Waals surface area contributed by atoms with Crippen molar-refractivity contribution in [2.75, 3.05) is 33.0 Å². The monoisotopic (exact) mass is 379 g/mol. The van der Waals surface area contributed by atoms with Crippen molar-refractivity contribution in [3.63, 3.8) is 0 Å². The number of aliphatic imine (C=N–C) groups is 1. The molecule has 8 nitrogen and oxygen atoms in total. The van der Waals surface area contributed by atoms with E-state index < -0.39 is 9.84 Å². The van der Waals surface area contributed by atoms with Crippen molar-refractivity contribution in [3.8, 4) is 5.75 Å². The smallest absolute Gasteiger partial charge is 0.191 e. The van der Waals surface area contributed by atoms with Gasteiger partial charge in [0.2, 0.25) is 0 Å². The van der Waals surface area contributed by atoms with E-state index in [2.05, 4.69) is 20.7 Å². The molecule has 2 aromatic rings. The first-order chi connectivity index (χ1) is 12.5. The van der Waals surface area contributed by atoms with Gasteiger partial charge in [-0.25, -0.2) is 8.42 Å². The predicted octanol–water partition coefficient (Wildman–Crippen LogP) is 0.921. The summed E-state index contributed by atoms with van der Waals surface area (Å²) in [7, 11) is -1.47. The Morgan fingerprint density at radius 3 is 2.58 bits per heavy atom. The molecule has 0 radical (unpaired) electrons. The highest BCUT2D eigenvalue weighted by Gasteiger charge is 2.06. The number of nitrogens with one attached hydrogen (secondary N) is 2. The molecule has 1 aromatic heterocycles. The Balaban J connectivity index is 1.62. The van der Waals surface area contributed by atoms with Crippen molar-refractivity contribution in [2.24, 2.45) is 4.99 Å². The van der Waals surface area contributed by atoms with Crippen LogP contribution < -0.4 is 15.4 Å². The van der Waals surface area contributed by atoms with Gasteiger partial charge in [0.15, 0.2) is 15.8 Å². The zero-order valence-corrected chi connectivity index (χ0v) is 15.9. The number of nitrogens with zero attached hydrogens (tertiary/aromatic N) is 3. The van der Waals surface area contributed by atoms with Gasteiger partial charge in [0.05, 0.1) is 11.4 Å². The third-order valence-corrected chi connectivity index (χ3v) is 4.68. The van der Waals surface area contributed by atoms with Crippen LogP contribution >= 0.6 is 0 Å². The molecule has 1 aromatic carbocycles. The number of ether oxygens (including phenoxy) is 1. The number of aromatic nitrogens is 2. The maximum absolute atomic E-state index is 11.4. The van der Waals surface area contributed by atoms with Crippen LogP contribution in [0.4, 0.5) is 0 Å². The van der Waals surface area contributed by atoms with E-state index in [9.17, 15) is 8.42 Å². The fraction of sp³-hybridized carbons (Fsp3) is 0.412. The molecule has 26 heavy (non-hydrogen) atoms. The van der Waals surface area contributed by atoms with Crippen molar-refractivity contribution in [3.05, 3.63) is 42.7 Å². The lowest BCUT2D eigenvalue weighted by Gasteiger charge is -2.12. The first kappa shape index (κ1) is 19.8. The molecule has 0 aliphatic rings. The highest BCUT2D eigenvalue weighted by atomic mass is 32.2. The maximum atomic E-state index is 11.4. The van der Waals surface area contributed by atoms with Crippen LogP contribution in [-0.2, 0) is 16.4 Å². The first-order valence-corrected chi connectivity index (χ1v) is 10.2. The van der Waals surface area contributed by atoms with Crippen molar-refractivity contribution >= 4 is 15.8 Å². The van der Waals surface area contributed by atoms with E-state index in [0.29, 0.717) is 24.9 Å². The largest absolute Gasteiger partial charge is 0.492 e. The molecule has 9 heteroatoms. The Labute approximate surface area is 154 Å². The summed E-state index contributed by atoms with van der Waals surface area (Å²) in [6.45, 7) is 2.65. The van der Waals surface area contributed by atoms with E-state index >= 15 is 0 Å². The van der Waals surface area contributed by atoms with Crippen LogP contribution in [0, 0.1) is 0 Å². The Bertz CT molecular complexity index is 786. The van der Waals surface area contributed by atoms with Gasteiger partial charge in [0.25, 0.3) is 0 Å². The van der Waals surface area contributed by atoms with E-state index in [4.69, 9.17) is 4.74 Å². The lowest BCUT2D eigenvalue weighted by molar-refractivity contribution is 0.321. The Hall–Kier alpha value is -2.55. The number of aryl methyl sites for hydroxylation is 1. The molecule has 0 amide bonds. The van der Waals surface area contributed by atoms with Gasteiger partial charge in [-0.2, -0.15) is 5.10 Å². The molecular formula is C17H25N5O3S. The Morgan fingerprint density at radius 1 is 1.23 bits per heavy atom. The van der Waals surface area contributed by atoms with Crippen molar-refractivity contribution < 1.29 is 13.2 Å². The third kappa shape index (κ3) is 6.75. The van der Waals surface area contributed by atoms with Gasteiger partial charge >= 0.3 is 0 Å². The summed E-state index contributed by atoms with van der Waals surface area (Å²) >= 11 is 0. The van der Waals surface area contributed by atoms with Crippen LogP contribution in [0.2, 0.25) is 0 Å². The fourth-order valence-corrected chi connectivity index (χ4v) is 2.85. The van der Waals surface area contributed by atoms with Crippen molar-refractivity contribution in [2.45, 2.75) is 17.9 Å². The van der Waals surface area contributed by atoms with Gasteiger partial charge < -0.3 is 15.4 Å². The van der Waals surface area contributed by atoms with Crippen LogP contribution in [0.15, 0.2) is 52.6 Å². The SMILES string of the molecule is CN=C(NCCCn1cccn1)NCCOc1ccc(S(C)(=O)=O)cc1. The van der Waals surface area contributed by atoms with E-state index in [1.165, 1.54) is 18.4 Å². The molecule has 142 valence electrons. The topological polar surface area (TPSA) is 97.6 Å². The van der Waals surface area contributed by atoms with Crippen LogP contribution in [0.5, 0.6) is 5.75 Å². The third-order valence-electron chi connectivity index (χ3n) is 3.55. The van der Waals surface area contributed by atoms with Gasteiger partial charge in [0.1, 0.15) is 12.4 Å². The second-order valence-electron chi connectivity index (χ2n) is 5.64. The standard InChI is InChI=1S/C17H25N5O3S/c1-18-17(19-9-3-12-22-13-4-10-21-22)20-11-14-25-15-5-7-16(8-6-15)26(2,23)24/h4-8,10,13H,3,9,11-12,14H2,1-2H3,(H2,18,19,20). The lowest BCUT2D eigenvalue weighted by Crippen LogP contribution is -2.39. The molecule has 0 saturated carbocycles. The zero-order valence-electron chi connectivity index (χ0n) is 15.1. The highest BCUT2D eigenvalue weighted by molar-refractivity contribution is 7.90. The summed E-state index contributed by atoms with van der Waals surface area (Å²) in [6.07, 6.45) is 5.82. The summed E-state index contributed by atoms with van der Waals surface area (Å²) in [5, 5.41) is 10.5. The average molecular weight is 379 g/mol. The van der Waals surface area contributed by atoms with Gasteiger partial charge in [-0.3, -0.25) is 9.67 Å². The lowest BCUT2D eigenvalue weighted by atomic mass is 10.3. The summed E-state index contributed by atoms with van der Waals surface area (Å²) in [4.78, 5) is 4.44. The van der Waals surface area contributed by atoms with Gasteiger partial charge in [-0.1, -0.05) is 0 Å². The van der Waals surface area contributed by atoms with Crippen molar-refractivity contribution in [1.82, 2.24) is 20.4 Å². The van der Waals surface area contributed by atoms with E-state index in [1.807, 2.05) is 16.9 Å². The number of benzene rings is 1. The molecule has 2 rings (SSSR count). The van der Waals surface area contributed by atoms with Crippen LogP contribution in [0.1, 0.15) is 6.42 Å². The van der Waals surface area contributed by atoms with E-state index in [-0.39, 0.29) is 4.90 Å². The maximum Gasteiger partial charge on any atom is 0.191 e. The second kappa shape index (κ2) is 9.81. The molecule has 0 unspecified atom stereocenters. The molecule has 0 aliphatic carbocycles. The number of guanidine groups is 1. The molecule has 2 N–H and O–H groups in total. The normalized spacial score (nSPS) is 12.0. The molecule has 0 fully saturated rings. The minimum Gasteiger partial charge on any atom is -0.492 e. The van der Waals surface area contributed by atoms with E-state index in [1.54, 1.807) is 25.4 Å². The van der Waals surface area contributed by atoms with Crippen LogP contribution in [0.3, 0.4) is 0 Å². The Kier molecular flexibility index (Phi) is 7.46. The number of sulfone groups is 1. The quantitative estimate of drug-likeness (QED) is 0.382. The minimum absolute atomic E-state index is 0.280. The van der Waals surface area contributed by atoms with Gasteiger partial charge in [0, 0.05) is 38.8 Å². The summed E-state index contributed by atoms with van der Waals surface area (Å²) in [6, 6.07) is 8.29. The minimum atomic E-state index is -3.18. The molecule has 0 aliphatic heterocycles. The molecule has 0 atom stereocenters. The molecule has 0 spiro atoms. The zero-order chi connectivity index (χ0) is 18.8. The molecule has 1 heterocycles. The Morgan fingerprint density at radius 2 is 1.96 bits per heavy atom. The number of hydrogen-bond donors (Lipinski definition) is 2. The fourth-order valence-electron chi connectivity index (χ4n) is 2.22. The molecule has 0 saturated heterocycles. The summed E-state index contributed by atoms with van der Waals surface area (Å²) < 4.78 is 30.3. The number of rotatable bonds is 9. The molecule has 0 bridgehead atoms. The number of hydrogen-bond acceptors (Lipinski definition) is 5. The second-order valence-corrected chi connectivity index (χ2v) is 7.66. The summed E-state index contributed by atoms with van der Waals surface area (Å²) in [5.41, 5.74) is 0. The average Bonchev–Trinajstić information content (AvgIpc) is 3.13. The van der Waals surface area contributed by atoms with Gasteiger partial charge in [-0.05, 0) is 36.8 Å². The van der Waals surface area contributed by atoms with Crippen LogP contribution in [0.25, 0.3) is 0 Å². The van der Waals surface area contributed by atoms with Gasteiger partial charge in [-0.15, -0.1) is 0 Å². The predicted molar refractivity (Wildman–Crippen MR) is 101 cm³/mol. The van der Waals surface area contributed by atoms with Crippen LogP contribution in [-0.4, -0.2) is 57.2 Å².